The lowest BCUT2D eigenvalue weighted by atomic mass is 10.1. The summed E-state index contributed by atoms with van der Waals surface area (Å²) in [6, 6.07) is 10.9. The molecule has 0 radical (unpaired) electrons. The first-order valence-corrected chi connectivity index (χ1v) is 7.96. The molecule has 0 saturated heterocycles. The maximum atomic E-state index is 12.4. The lowest BCUT2D eigenvalue weighted by Crippen LogP contribution is -1.99. The van der Waals surface area contributed by atoms with E-state index < -0.39 is 0 Å². The minimum absolute atomic E-state index is 0.130. The highest BCUT2D eigenvalue weighted by atomic mass is 79.9. The zero-order chi connectivity index (χ0) is 16.4. The Kier molecular flexibility index (Phi) is 4.39. The molecule has 0 aromatic heterocycles. The monoisotopic (exact) mass is 374 g/mol. The second-order valence-electron chi connectivity index (χ2n) is 4.92. The van der Waals surface area contributed by atoms with Gasteiger partial charge in [-0.3, -0.25) is 4.79 Å². The predicted octanol–water partition coefficient (Wildman–Crippen LogP) is 4.47. The van der Waals surface area contributed by atoms with Crippen LogP contribution in [0.5, 0.6) is 17.2 Å². The van der Waals surface area contributed by atoms with Crippen LogP contribution in [0.1, 0.15) is 22.8 Å². The van der Waals surface area contributed by atoms with E-state index in [4.69, 9.17) is 14.2 Å². The van der Waals surface area contributed by atoms with Crippen LogP contribution in [0.4, 0.5) is 0 Å². The van der Waals surface area contributed by atoms with Crippen molar-refractivity contribution in [3.05, 3.63) is 57.8 Å². The summed E-state index contributed by atoms with van der Waals surface area (Å²) in [5.41, 5.74) is 1.36. The molecule has 2 aromatic rings. The molecule has 118 valence electrons. The first-order chi connectivity index (χ1) is 11.1. The van der Waals surface area contributed by atoms with Gasteiger partial charge in [0, 0.05) is 4.47 Å². The van der Waals surface area contributed by atoms with Crippen molar-refractivity contribution in [3.8, 4) is 17.2 Å². The molecule has 0 bridgehead atoms. The topological polar surface area (TPSA) is 44.8 Å². The molecular formula is C18H15BrO4. The number of Topliss-reactive ketones (excluding diaryl/α,β-unsaturated/α-hetero) is 1. The summed E-state index contributed by atoms with van der Waals surface area (Å²) in [5, 5.41) is 0. The highest BCUT2D eigenvalue weighted by molar-refractivity contribution is 9.10. The Bertz CT molecular complexity index is 796. The number of ether oxygens (including phenoxy) is 3. The minimum atomic E-state index is -0.130. The number of halogens is 1. The number of hydrogen-bond donors (Lipinski definition) is 0. The number of ketones is 1. The number of rotatable bonds is 4. The van der Waals surface area contributed by atoms with E-state index >= 15 is 0 Å². The van der Waals surface area contributed by atoms with Gasteiger partial charge in [-0.1, -0.05) is 22.0 Å². The maximum absolute atomic E-state index is 12.4. The second-order valence-corrected chi connectivity index (χ2v) is 5.84. The number of carbonyl (C=O) groups excluding carboxylic acids is 1. The van der Waals surface area contributed by atoms with E-state index in [0.29, 0.717) is 35.2 Å². The largest absolute Gasteiger partial charge is 0.493 e. The molecule has 0 N–H and O–H groups in total. The van der Waals surface area contributed by atoms with Gasteiger partial charge in [0.2, 0.25) is 5.78 Å². The van der Waals surface area contributed by atoms with Crippen LogP contribution in [-0.4, -0.2) is 19.5 Å². The van der Waals surface area contributed by atoms with Crippen LogP contribution in [0.15, 0.2) is 46.6 Å². The van der Waals surface area contributed by atoms with E-state index in [0.717, 1.165) is 10.0 Å². The van der Waals surface area contributed by atoms with Crippen LogP contribution >= 0.6 is 15.9 Å². The second kappa shape index (κ2) is 6.46. The Balaban J connectivity index is 1.93. The summed E-state index contributed by atoms with van der Waals surface area (Å²) in [6.45, 7) is 2.47. The van der Waals surface area contributed by atoms with E-state index in [-0.39, 0.29) is 5.78 Å². The highest BCUT2D eigenvalue weighted by Crippen LogP contribution is 2.35. The molecule has 0 atom stereocenters. The highest BCUT2D eigenvalue weighted by Gasteiger charge is 2.27. The molecule has 1 aliphatic rings. The van der Waals surface area contributed by atoms with Gasteiger partial charge in [0.15, 0.2) is 17.3 Å². The SMILES string of the molecule is CCOc1ccc(/C=C2\Oc3ccc(Br)cc3C2=O)cc1OC. The number of allylic oxidation sites excluding steroid dienone is 1. The van der Waals surface area contributed by atoms with Crippen molar-refractivity contribution in [1.82, 2.24) is 0 Å². The molecule has 2 aromatic carbocycles. The van der Waals surface area contributed by atoms with Gasteiger partial charge in [0.1, 0.15) is 5.75 Å². The van der Waals surface area contributed by atoms with Gasteiger partial charge in [-0.25, -0.2) is 0 Å². The molecule has 1 heterocycles. The van der Waals surface area contributed by atoms with E-state index in [1.54, 1.807) is 25.3 Å². The normalized spacial score (nSPS) is 14.6. The average Bonchev–Trinajstić information content (AvgIpc) is 2.85. The third kappa shape index (κ3) is 3.10. The quantitative estimate of drug-likeness (QED) is 0.740. The van der Waals surface area contributed by atoms with Crippen molar-refractivity contribution in [2.45, 2.75) is 6.92 Å². The van der Waals surface area contributed by atoms with Crippen molar-refractivity contribution < 1.29 is 19.0 Å². The molecule has 4 nitrogen and oxygen atoms in total. The molecule has 5 heteroatoms. The summed E-state index contributed by atoms with van der Waals surface area (Å²) in [5.74, 6) is 2.02. The Hall–Kier alpha value is -2.27. The fourth-order valence-electron chi connectivity index (χ4n) is 2.36. The standard InChI is InChI=1S/C18H15BrO4/c1-3-22-15-6-4-11(8-16(15)21-2)9-17-18(20)13-10-12(19)5-7-14(13)23-17/h4-10H,3H2,1-2H3/b17-9-. The van der Waals surface area contributed by atoms with Gasteiger partial charge in [-0.2, -0.15) is 0 Å². The van der Waals surface area contributed by atoms with E-state index in [2.05, 4.69) is 15.9 Å². The van der Waals surface area contributed by atoms with Gasteiger partial charge < -0.3 is 14.2 Å². The van der Waals surface area contributed by atoms with Crippen LogP contribution < -0.4 is 14.2 Å². The van der Waals surface area contributed by atoms with Crippen molar-refractivity contribution >= 4 is 27.8 Å². The summed E-state index contributed by atoms with van der Waals surface area (Å²) in [6.07, 6.45) is 1.70. The van der Waals surface area contributed by atoms with Gasteiger partial charge in [-0.05, 0) is 48.9 Å². The molecule has 0 aliphatic carbocycles. The fraction of sp³-hybridized carbons (Fsp3) is 0.167. The molecule has 0 fully saturated rings. The molecule has 0 spiro atoms. The minimum Gasteiger partial charge on any atom is -0.493 e. The van der Waals surface area contributed by atoms with Crippen LogP contribution in [0.3, 0.4) is 0 Å². The van der Waals surface area contributed by atoms with Crippen LogP contribution in [-0.2, 0) is 0 Å². The average molecular weight is 375 g/mol. The number of hydrogen-bond acceptors (Lipinski definition) is 4. The molecule has 1 aliphatic heterocycles. The lowest BCUT2D eigenvalue weighted by molar-refractivity contribution is 0.101. The lowest BCUT2D eigenvalue weighted by Gasteiger charge is -2.09. The number of benzene rings is 2. The molecule has 0 amide bonds. The van der Waals surface area contributed by atoms with E-state index in [1.807, 2.05) is 31.2 Å². The van der Waals surface area contributed by atoms with Gasteiger partial charge in [0.25, 0.3) is 0 Å². The zero-order valence-electron chi connectivity index (χ0n) is 12.8. The fourth-order valence-corrected chi connectivity index (χ4v) is 2.72. The summed E-state index contributed by atoms with van der Waals surface area (Å²) < 4.78 is 17.3. The predicted molar refractivity (Wildman–Crippen MR) is 91.2 cm³/mol. The van der Waals surface area contributed by atoms with Gasteiger partial charge in [-0.15, -0.1) is 0 Å². The summed E-state index contributed by atoms with van der Waals surface area (Å²) >= 11 is 3.36. The first-order valence-electron chi connectivity index (χ1n) is 7.17. The molecular weight excluding hydrogens is 360 g/mol. The van der Waals surface area contributed by atoms with Gasteiger partial charge in [0.05, 0.1) is 19.3 Å². The van der Waals surface area contributed by atoms with E-state index in [1.165, 1.54) is 0 Å². The Labute approximate surface area is 142 Å². The van der Waals surface area contributed by atoms with Crippen molar-refractivity contribution in [1.29, 1.82) is 0 Å². The number of methoxy groups -OCH3 is 1. The van der Waals surface area contributed by atoms with Gasteiger partial charge >= 0.3 is 0 Å². The van der Waals surface area contributed by atoms with Crippen LogP contribution in [0.25, 0.3) is 6.08 Å². The van der Waals surface area contributed by atoms with E-state index in [9.17, 15) is 4.79 Å². The molecule has 0 unspecified atom stereocenters. The van der Waals surface area contributed by atoms with Crippen LogP contribution in [0.2, 0.25) is 0 Å². The summed E-state index contributed by atoms with van der Waals surface area (Å²) in [4.78, 5) is 12.4. The number of carbonyl (C=O) groups is 1. The Morgan fingerprint density at radius 3 is 2.74 bits per heavy atom. The maximum Gasteiger partial charge on any atom is 0.232 e. The van der Waals surface area contributed by atoms with Crippen molar-refractivity contribution in [2.24, 2.45) is 0 Å². The third-order valence-electron chi connectivity index (χ3n) is 3.42. The third-order valence-corrected chi connectivity index (χ3v) is 3.91. The smallest absolute Gasteiger partial charge is 0.232 e. The number of fused-ring (bicyclic) bond motifs is 1. The zero-order valence-corrected chi connectivity index (χ0v) is 14.3. The van der Waals surface area contributed by atoms with Crippen molar-refractivity contribution in [3.63, 3.8) is 0 Å². The first kappa shape index (κ1) is 15.6. The Morgan fingerprint density at radius 1 is 1.17 bits per heavy atom. The van der Waals surface area contributed by atoms with Crippen molar-refractivity contribution in [2.75, 3.05) is 13.7 Å². The van der Waals surface area contributed by atoms with Crippen LogP contribution in [0, 0.1) is 0 Å². The Morgan fingerprint density at radius 2 is 2.00 bits per heavy atom. The molecule has 0 saturated carbocycles. The molecule has 23 heavy (non-hydrogen) atoms. The summed E-state index contributed by atoms with van der Waals surface area (Å²) in [7, 11) is 1.58. The molecule has 3 rings (SSSR count).